The van der Waals surface area contributed by atoms with Crippen molar-refractivity contribution in [3.63, 3.8) is 0 Å². The minimum atomic E-state index is -0.388. The number of hydrogen-bond acceptors (Lipinski definition) is 3. The van der Waals surface area contributed by atoms with Crippen molar-refractivity contribution >= 4 is 5.91 Å². The molecule has 0 rings (SSSR count). The first kappa shape index (κ1) is 9.92. The van der Waals surface area contributed by atoms with Gasteiger partial charge >= 0.3 is 0 Å². The van der Waals surface area contributed by atoms with Crippen LogP contribution < -0.4 is 11.1 Å². The van der Waals surface area contributed by atoms with Crippen molar-refractivity contribution in [1.82, 2.24) is 5.32 Å². The first-order chi connectivity index (χ1) is 5.20. The molecule has 1 atom stereocenters. The average molecular weight is 155 g/mol. The molecule has 0 aromatic heterocycles. The molecule has 0 saturated carbocycles. The predicted molar refractivity (Wildman–Crippen MR) is 41.5 cm³/mol. The van der Waals surface area contributed by atoms with E-state index in [1.54, 1.807) is 0 Å². The number of hydrogen-bond donors (Lipinski definition) is 2. The van der Waals surface area contributed by atoms with Gasteiger partial charge in [-0.2, -0.15) is 5.26 Å². The van der Waals surface area contributed by atoms with Gasteiger partial charge in [-0.1, -0.05) is 6.92 Å². The van der Waals surface area contributed by atoms with Gasteiger partial charge in [0.25, 0.3) is 0 Å². The maximum Gasteiger partial charge on any atom is 0.231 e. The third kappa shape index (κ3) is 5.37. The summed E-state index contributed by atoms with van der Waals surface area (Å²) in [5.41, 5.74) is 4.91. The second-order valence-corrected chi connectivity index (χ2v) is 2.31. The molecule has 0 saturated heterocycles. The van der Waals surface area contributed by atoms with Gasteiger partial charge in [-0.15, -0.1) is 0 Å². The maximum absolute atomic E-state index is 10.3. The molecule has 0 aliphatic heterocycles. The number of nitriles is 1. The molecule has 62 valence electrons. The van der Waals surface area contributed by atoms with Gasteiger partial charge in [-0.05, 0) is 6.42 Å². The highest BCUT2D eigenvalue weighted by Crippen LogP contribution is 1.94. The van der Waals surface area contributed by atoms with E-state index in [0.717, 1.165) is 6.42 Å². The molecule has 3 N–H and O–H groups in total. The van der Waals surface area contributed by atoms with Crippen molar-refractivity contribution in [3.8, 4) is 6.07 Å². The summed E-state index contributed by atoms with van der Waals surface area (Å²) >= 11 is 0. The largest absolute Gasteiger partial charge is 0.369 e. The molecule has 4 heteroatoms. The predicted octanol–water partition coefficient (Wildman–Crippen LogP) is -0.246. The summed E-state index contributed by atoms with van der Waals surface area (Å²) in [6, 6.07) is 2.12. The second kappa shape index (κ2) is 5.69. The lowest BCUT2D eigenvalue weighted by Gasteiger charge is -2.10. The number of primary amides is 1. The Balaban J connectivity index is 3.53. The second-order valence-electron chi connectivity index (χ2n) is 2.31. The van der Waals surface area contributed by atoms with E-state index in [4.69, 9.17) is 11.0 Å². The smallest absolute Gasteiger partial charge is 0.231 e. The molecule has 4 nitrogen and oxygen atoms in total. The van der Waals surface area contributed by atoms with Crippen molar-refractivity contribution in [1.29, 1.82) is 5.26 Å². The molecule has 0 bridgehead atoms. The molecule has 0 aromatic rings. The fourth-order valence-electron chi connectivity index (χ4n) is 0.716. The molecule has 1 amide bonds. The number of nitrogens with one attached hydrogen (secondary N) is 1. The van der Waals surface area contributed by atoms with Crippen LogP contribution in [0.15, 0.2) is 0 Å². The van der Waals surface area contributed by atoms with Gasteiger partial charge in [0.2, 0.25) is 5.91 Å². The van der Waals surface area contributed by atoms with Gasteiger partial charge in [-0.25, -0.2) is 0 Å². The van der Waals surface area contributed by atoms with E-state index in [-0.39, 0.29) is 18.5 Å². The molecule has 0 fully saturated rings. The zero-order valence-corrected chi connectivity index (χ0v) is 6.63. The Kier molecular flexibility index (Phi) is 5.13. The van der Waals surface area contributed by atoms with Gasteiger partial charge in [0.15, 0.2) is 0 Å². The number of nitrogens with zero attached hydrogens (tertiary/aromatic N) is 1. The zero-order valence-electron chi connectivity index (χ0n) is 6.63. The monoisotopic (exact) mass is 155 g/mol. The molecule has 0 aliphatic rings. The van der Waals surface area contributed by atoms with E-state index in [2.05, 4.69) is 5.32 Å². The SMILES string of the molecule is CCC(CC#N)NCC(N)=O. The van der Waals surface area contributed by atoms with Crippen LogP contribution in [0, 0.1) is 11.3 Å². The molecule has 0 aliphatic carbocycles. The van der Waals surface area contributed by atoms with Crippen LogP contribution in [0.5, 0.6) is 0 Å². The number of rotatable bonds is 5. The fourth-order valence-corrected chi connectivity index (χ4v) is 0.716. The molecule has 0 aromatic carbocycles. The molecular weight excluding hydrogens is 142 g/mol. The van der Waals surface area contributed by atoms with Gasteiger partial charge in [0.1, 0.15) is 0 Å². The van der Waals surface area contributed by atoms with Crippen LogP contribution >= 0.6 is 0 Å². The van der Waals surface area contributed by atoms with Gasteiger partial charge in [0.05, 0.1) is 19.0 Å². The minimum Gasteiger partial charge on any atom is -0.369 e. The molecule has 0 radical (unpaired) electrons. The van der Waals surface area contributed by atoms with Crippen LogP contribution in [0.4, 0.5) is 0 Å². The van der Waals surface area contributed by atoms with E-state index < -0.39 is 0 Å². The van der Waals surface area contributed by atoms with E-state index in [1.807, 2.05) is 13.0 Å². The van der Waals surface area contributed by atoms with Crippen LogP contribution in [-0.4, -0.2) is 18.5 Å². The lowest BCUT2D eigenvalue weighted by atomic mass is 10.2. The number of nitrogens with two attached hydrogens (primary N) is 1. The first-order valence-electron chi connectivity index (χ1n) is 3.59. The van der Waals surface area contributed by atoms with Crippen LogP contribution in [0.3, 0.4) is 0 Å². The highest BCUT2D eigenvalue weighted by Gasteiger charge is 2.04. The summed E-state index contributed by atoms with van der Waals surface area (Å²) in [6.45, 7) is 2.11. The lowest BCUT2D eigenvalue weighted by Crippen LogP contribution is -2.35. The Hall–Kier alpha value is -1.08. The van der Waals surface area contributed by atoms with Crippen LogP contribution in [0.2, 0.25) is 0 Å². The third-order valence-electron chi connectivity index (χ3n) is 1.40. The third-order valence-corrected chi connectivity index (χ3v) is 1.40. The number of amides is 1. The summed E-state index contributed by atoms with van der Waals surface area (Å²) in [5.74, 6) is -0.388. The Morgan fingerprint density at radius 2 is 2.45 bits per heavy atom. The number of carbonyl (C=O) groups is 1. The summed E-state index contributed by atoms with van der Waals surface area (Å²) in [5, 5.41) is 11.2. The Labute approximate surface area is 66.4 Å². The molecule has 11 heavy (non-hydrogen) atoms. The van der Waals surface area contributed by atoms with Crippen LogP contribution in [-0.2, 0) is 4.79 Å². The van der Waals surface area contributed by atoms with Gasteiger partial charge < -0.3 is 11.1 Å². The summed E-state index contributed by atoms with van der Waals surface area (Å²) in [6.07, 6.45) is 1.25. The van der Waals surface area contributed by atoms with E-state index in [1.165, 1.54) is 0 Å². The van der Waals surface area contributed by atoms with Gasteiger partial charge in [0, 0.05) is 6.04 Å². The zero-order chi connectivity index (χ0) is 8.69. The lowest BCUT2D eigenvalue weighted by molar-refractivity contribution is -0.117. The van der Waals surface area contributed by atoms with E-state index in [0.29, 0.717) is 6.42 Å². The van der Waals surface area contributed by atoms with Crippen molar-refractivity contribution in [2.45, 2.75) is 25.8 Å². The Bertz CT molecular complexity index is 162. The Morgan fingerprint density at radius 3 is 2.82 bits per heavy atom. The first-order valence-corrected chi connectivity index (χ1v) is 3.59. The summed E-state index contributed by atoms with van der Waals surface area (Å²) in [4.78, 5) is 10.3. The standard InChI is InChI=1S/C7H13N3O/c1-2-6(3-4-8)10-5-7(9)11/h6,10H,2-3,5H2,1H3,(H2,9,11). The molecule has 0 heterocycles. The van der Waals surface area contributed by atoms with Gasteiger partial charge in [-0.3, -0.25) is 4.79 Å². The van der Waals surface area contributed by atoms with Crippen molar-refractivity contribution in [2.75, 3.05) is 6.54 Å². The van der Waals surface area contributed by atoms with Crippen molar-refractivity contribution in [3.05, 3.63) is 0 Å². The van der Waals surface area contributed by atoms with Crippen LogP contribution in [0.1, 0.15) is 19.8 Å². The maximum atomic E-state index is 10.3. The topological polar surface area (TPSA) is 78.9 Å². The van der Waals surface area contributed by atoms with E-state index >= 15 is 0 Å². The summed E-state index contributed by atoms with van der Waals surface area (Å²) in [7, 11) is 0. The molecular formula is C7H13N3O. The summed E-state index contributed by atoms with van der Waals surface area (Å²) < 4.78 is 0. The average Bonchev–Trinajstić information content (AvgIpc) is 1.97. The quantitative estimate of drug-likeness (QED) is 0.574. The highest BCUT2D eigenvalue weighted by atomic mass is 16.1. The molecule has 1 unspecified atom stereocenters. The van der Waals surface area contributed by atoms with Crippen molar-refractivity contribution in [2.24, 2.45) is 5.73 Å². The number of carbonyl (C=O) groups excluding carboxylic acids is 1. The Morgan fingerprint density at radius 1 is 1.82 bits per heavy atom. The molecule has 0 spiro atoms. The van der Waals surface area contributed by atoms with Crippen LogP contribution in [0.25, 0.3) is 0 Å². The fraction of sp³-hybridized carbons (Fsp3) is 0.714. The van der Waals surface area contributed by atoms with Crippen molar-refractivity contribution < 1.29 is 4.79 Å². The normalized spacial score (nSPS) is 12.0. The minimum absolute atomic E-state index is 0.0903. The highest BCUT2D eigenvalue weighted by molar-refractivity contribution is 5.75. The van der Waals surface area contributed by atoms with E-state index in [9.17, 15) is 4.79 Å².